The van der Waals surface area contributed by atoms with E-state index in [-0.39, 0.29) is 0 Å². The van der Waals surface area contributed by atoms with E-state index >= 15 is 0 Å². The molecular formula is C19H20N2O5S. The quantitative estimate of drug-likeness (QED) is 0.608. The van der Waals surface area contributed by atoms with Gasteiger partial charge in [-0.2, -0.15) is 0 Å². The lowest BCUT2D eigenvalue weighted by Crippen LogP contribution is -2.66. The van der Waals surface area contributed by atoms with Gasteiger partial charge in [0.05, 0.1) is 11.1 Å². The minimum Gasteiger partial charge on any atom is -0.480 e. The molecule has 2 aliphatic rings. The Balaban J connectivity index is 1.63. The molecule has 4 rings (SSSR count). The van der Waals surface area contributed by atoms with Crippen molar-refractivity contribution in [3.05, 3.63) is 36.0 Å². The highest BCUT2D eigenvalue weighted by molar-refractivity contribution is 8.01. The Morgan fingerprint density at radius 2 is 1.93 bits per heavy atom. The van der Waals surface area contributed by atoms with Crippen LogP contribution >= 0.6 is 11.8 Å². The third-order valence-electron chi connectivity index (χ3n) is 5.53. The number of carbonyl (C=O) groups is 3. The van der Waals surface area contributed by atoms with Gasteiger partial charge in [0.25, 0.3) is 0 Å². The van der Waals surface area contributed by atoms with Crippen LogP contribution in [0.3, 0.4) is 0 Å². The molecule has 0 bridgehead atoms. The Labute approximate surface area is 159 Å². The number of rotatable bonds is 4. The molecule has 2 fully saturated rings. The van der Waals surface area contributed by atoms with Crippen molar-refractivity contribution in [2.45, 2.75) is 36.1 Å². The molecule has 0 aliphatic carbocycles. The Morgan fingerprint density at radius 3 is 2.56 bits per heavy atom. The summed E-state index contributed by atoms with van der Waals surface area (Å²) in [5.41, 5.74) is 1.18. The molecule has 4 atom stereocenters. The van der Waals surface area contributed by atoms with Gasteiger partial charge < -0.3 is 19.7 Å². The summed E-state index contributed by atoms with van der Waals surface area (Å²) in [6.07, 6.45) is -1.50. The van der Waals surface area contributed by atoms with Gasteiger partial charge in [0.15, 0.2) is 0 Å². The number of ketones is 1. The van der Waals surface area contributed by atoms with Gasteiger partial charge in [0, 0.05) is 22.7 Å². The van der Waals surface area contributed by atoms with Gasteiger partial charge >= 0.3 is 5.97 Å². The first kappa shape index (κ1) is 18.1. The number of nitrogens with zero attached hydrogens (tertiary/aromatic N) is 2. The van der Waals surface area contributed by atoms with E-state index in [4.69, 9.17) is 0 Å². The third-order valence-corrected chi connectivity index (χ3v) is 7.12. The van der Waals surface area contributed by atoms with E-state index in [1.54, 1.807) is 31.5 Å². The number of carbonyl (C=O) groups excluding carboxylic acids is 2. The van der Waals surface area contributed by atoms with Gasteiger partial charge in [-0.25, -0.2) is 4.79 Å². The van der Waals surface area contributed by atoms with Crippen LogP contribution in [0.2, 0.25) is 0 Å². The molecule has 27 heavy (non-hydrogen) atoms. The average molecular weight is 388 g/mol. The lowest BCUT2D eigenvalue weighted by molar-refractivity contribution is -0.167. The Morgan fingerprint density at radius 1 is 1.26 bits per heavy atom. The van der Waals surface area contributed by atoms with Gasteiger partial charge in [-0.05, 0) is 26.0 Å². The van der Waals surface area contributed by atoms with Crippen molar-refractivity contribution in [1.29, 1.82) is 0 Å². The number of β-lactam (4-membered cyclic amide) rings is 1. The van der Waals surface area contributed by atoms with Crippen molar-refractivity contribution in [1.82, 2.24) is 9.47 Å². The fraction of sp³-hybridized carbons (Fsp3) is 0.421. The van der Waals surface area contributed by atoms with Crippen molar-refractivity contribution in [3.8, 4) is 0 Å². The van der Waals surface area contributed by atoms with E-state index in [2.05, 4.69) is 0 Å². The van der Waals surface area contributed by atoms with E-state index in [1.807, 2.05) is 24.3 Å². The molecule has 1 aromatic carbocycles. The van der Waals surface area contributed by atoms with Crippen LogP contribution in [0.5, 0.6) is 0 Å². The van der Waals surface area contributed by atoms with Crippen LogP contribution in [0.4, 0.5) is 0 Å². The average Bonchev–Trinajstić information content (AvgIpc) is 3.06. The minimum atomic E-state index is -1.50. The molecule has 0 spiro atoms. The largest absolute Gasteiger partial charge is 0.480 e. The molecule has 7 nitrogen and oxygen atoms in total. The summed E-state index contributed by atoms with van der Waals surface area (Å²) >= 11 is 1.32. The number of hydrogen-bond acceptors (Lipinski definition) is 5. The Bertz CT molecular complexity index is 982. The number of fused-ring (bicyclic) bond motifs is 2. The van der Waals surface area contributed by atoms with Gasteiger partial charge in [0.2, 0.25) is 11.7 Å². The fourth-order valence-corrected chi connectivity index (χ4v) is 5.89. The summed E-state index contributed by atoms with van der Waals surface area (Å²) in [6.45, 7) is 3.52. The van der Waals surface area contributed by atoms with E-state index in [0.29, 0.717) is 5.69 Å². The molecule has 0 saturated carbocycles. The van der Waals surface area contributed by atoms with Crippen LogP contribution < -0.4 is 0 Å². The van der Waals surface area contributed by atoms with Gasteiger partial charge in [-0.3, -0.25) is 9.59 Å². The molecule has 3 heterocycles. The molecule has 1 aromatic heterocycles. The first-order valence-corrected chi connectivity index (χ1v) is 9.52. The second-order valence-corrected chi connectivity index (χ2v) is 9.35. The Kier molecular flexibility index (Phi) is 3.91. The number of thioether (sulfide) groups is 1. The van der Waals surface area contributed by atoms with E-state index in [1.165, 1.54) is 16.7 Å². The summed E-state index contributed by atoms with van der Waals surface area (Å²) in [6, 6.07) is 8.22. The van der Waals surface area contributed by atoms with Crippen molar-refractivity contribution in [2.75, 3.05) is 0 Å². The molecule has 1 unspecified atom stereocenters. The maximum absolute atomic E-state index is 12.9. The smallest absolute Gasteiger partial charge is 0.327 e. The van der Waals surface area contributed by atoms with E-state index in [9.17, 15) is 24.6 Å². The number of carboxylic acid groups (broad SMARTS) is 1. The van der Waals surface area contributed by atoms with Crippen LogP contribution in [0.25, 0.3) is 10.9 Å². The number of aliphatic carboxylic acids is 1. The Hall–Kier alpha value is -2.32. The molecule has 2 saturated heterocycles. The fourth-order valence-electron chi connectivity index (χ4n) is 4.17. The summed E-state index contributed by atoms with van der Waals surface area (Å²) in [7, 11) is 1.74. The predicted molar refractivity (Wildman–Crippen MR) is 100 cm³/mol. The summed E-state index contributed by atoms with van der Waals surface area (Å²) in [5.74, 6) is -3.01. The molecular weight excluding hydrogens is 368 g/mol. The van der Waals surface area contributed by atoms with E-state index in [0.717, 1.165) is 10.9 Å². The van der Waals surface area contributed by atoms with E-state index < -0.39 is 45.8 Å². The number of aliphatic hydroxyl groups is 1. The SMILES string of the molecule is Cn1c(C(=O)C(O)[C@@H]2C(=O)N3[C@@H]2SC(C)(C)[C@@H]3C(=O)O)cc2ccccc21. The highest BCUT2D eigenvalue weighted by Gasteiger charge is 2.66. The normalized spacial score (nSPS) is 27.3. The van der Waals surface area contributed by atoms with Crippen LogP contribution in [-0.4, -0.2) is 59.6 Å². The van der Waals surface area contributed by atoms with Crippen molar-refractivity contribution < 1.29 is 24.6 Å². The number of benzene rings is 1. The lowest BCUT2D eigenvalue weighted by Gasteiger charge is -2.45. The molecule has 0 radical (unpaired) electrons. The number of aliphatic hydroxyl groups excluding tert-OH is 1. The highest BCUT2D eigenvalue weighted by atomic mass is 32.2. The summed E-state index contributed by atoms with van der Waals surface area (Å²) in [5, 5.41) is 20.5. The lowest BCUT2D eigenvalue weighted by atomic mass is 9.85. The van der Waals surface area contributed by atoms with Crippen LogP contribution in [0.1, 0.15) is 24.3 Å². The second kappa shape index (κ2) is 5.84. The standard InChI is InChI=1S/C19H20N2O5S/c1-19(2)15(18(25)26)21-16(24)12(17(21)27-19)14(23)13(22)11-8-9-6-4-5-7-10(9)20(11)3/h4-8,12,14-15,17,23H,1-3H3,(H,25,26)/t12-,14?,15+,17-/m1/s1. The van der Waals surface area contributed by atoms with Crippen LogP contribution in [-0.2, 0) is 16.6 Å². The molecule has 1 amide bonds. The van der Waals surface area contributed by atoms with Crippen molar-refractivity contribution >= 4 is 40.3 Å². The number of aryl methyl sites for hydroxylation is 1. The van der Waals surface area contributed by atoms with Crippen LogP contribution in [0.15, 0.2) is 30.3 Å². The number of Topliss-reactive ketones (excluding diaryl/α,β-unsaturated/α-hetero) is 1. The number of amides is 1. The molecule has 2 aliphatic heterocycles. The molecule has 142 valence electrons. The maximum atomic E-state index is 12.9. The predicted octanol–water partition coefficient (Wildman–Crippen LogP) is 1.48. The second-order valence-electron chi connectivity index (χ2n) is 7.58. The topological polar surface area (TPSA) is 99.8 Å². The zero-order valence-electron chi connectivity index (χ0n) is 15.1. The first-order chi connectivity index (χ1) is 12.6. The highest BCUT2D eigenvalue weighted by Crippen LogP contribution is 2.54. The van der Waals surface area contributed by atoms with Crippen molar-refractivity contribution in [3.63, 3.8) is 0 Å². The zero-order chi connectivity index (χ0) is 19.7. The molecule has 8 heteroatoms. The maximum Gasteiger partial charge on any atom is 0.327 e. The number of aromatic nitrogens is 1. The van der Waals surface area contributed by atoms with Gasteiger partial charge in [-0.15, -0.1) is 11.8 Å². The number of hydrogen-bond donors (Lipinski definition) is 2. The van der Waals surface area contributed by atoms with Gasteiger partial charge in [0.1, 0.15) is 18.1 Å². The minimum absolute atomic E-state index is 0.326. The summed E-state index contributed by atoms with van der Waals surface area (Å²) in [4.78, 5) is 38.4. The molecule has 2 aromatic rings. The monoisotopic (exact) mass is 388 g/mol. The number of para-hydroxylation sites is 1. The van der Waals surface area contributed by atoms with Gasteiger partial charge in [-0.1, -0.05) is 18.2 Å². The van der Waals surface area contributed by atoms with Crippen molar-refractivity contribution in [2.24, 2.45) is 13.0 Å². The zero-order valence-corrected chi connectivity index (χ0v) is 15.9. The first-order valence-electron chi connectivity index (χ1n) is 8.64. The summed E-state index contributed by atoms with van der Waals surface area (Å²) < 4.78 is 1.01. The number of carboxylic acids is 1. The van der Waals surface area contributed by atoms with Crippen LogP contribution in [0, 0.1) is 5.92 Å². The molecule has 2 N–H and O–H groups in total. The third kappa shape index (κ3) is 2.43.